The van der Waals surface area contributed by atoms with E-state index < -0.39 is 12.0 Å². The predicted octanol–water partition coefficient (Wildman–Crippen LogP) is 2.85. The van der Waals surface area contributed by atoms with Crippen LogP contribution in [-0.4, -0.2) is 53.5 Å². The van der Waals surface area contributed by atoms with Crippen LogP contribution in [-0.2, 0) is 0 Å². The first-order valence-corrected chi connectivity index (χ1v) is 11.4. The van der Waals surface area contributed by atoms with Gasteiger partial charge in [-0.2, -0.15) is 0 Å². The second-order valence-electron chi connectivity index (χ2n) is 8.66. The first kappa shape index (κ1) is 21.5. The first-order valence-electron chi connectivity index (χ1n) is 11.4. The topological polar surface area (TPSA) is 105 Å². The molecule has 1 saturated carbocycles. The summed E-state index contributed by atoms with van der Waals surface area (Å²) in [5, 5.41) is 13.2. The molecule has 1 fully saturated rings. The number of aliphatic hydroxyl groups excluding tert-OH is 1. The maximum absolute atomic E-state index is 13.0. The Morgan fingerprint density at radius 2 is 1.70 bits per heavy atom. The minimum Gasteiger partial charge on any atom is -0.486 e. The van der Waals surface area contributed by atoms with Crippen molar-refractivity contribution in [3.05, 3.63) is 58.7 Å². The van der Waals surface area contributed by atoms with Gasteiger partial charge in [0, 0.05) is 18.2 Å². The van der Waals surface area contributed by atoms with Gasteiger partial charge in [-0.1, -0.05) is 25.3 Å². The average molecular weight is 450 g/mol. The van der Waals surface area contributed by atoms with Crippen LogP contribution in [0.5, 0.6) is 11.5 Å². The van der Waals surface area contributed by atoms with Gasteiger partial charge in [0.05, 0.1) is 17.2 Å². The molecule has 0 spiro atoms. The molecule has 0 saturated heterocycles. The van der Waals surface area contributed by atoms with Crippen molar-refractivity contribution in [1.29, 1.82) is 0 Å². The number of imide groups is 1. The Bertz CT molecular complexity index is 1110. The maximum Gasteiger partial charge on any atom is 0.261 e. The molecule has 1 atom stereocenters. The molecule has 0 bridgehead atoms. The van der Waals surface area contributed by atoms with E-state index in [4.69, 9.17) is 9.47 Å². The zero-order valence-electron chi connectivity index (χ0n) is 18.2. The summed E-state index contributed by atoms with van der Waals surface area (Å²) in [7, 11) is 0. The molecule has 3 amide bonds. The smallest absolute Gasteiger partial charge is 0.261 e. The zero-order valence-corrected chi connectivity index (χ0v) is 18.2. The SMILES string of the molecule is O=C(NCC(O)c1ccc2c(c1)OCCO2)c1ccc2c(c1)C(=O)N(C1CCCCC1)C2=O. The molecule has 0 radical (unpaired) electrons. The lowest BCUT2D eigenvalue weighted by atomic mass is 9.94. The van der Waals surface area contributed by atoms with Gasteiger partial charge in [0.25, 0.3) is 17.7 Å². The van der Waals surface area contributed by atoms with Crippen molar-refractivity contribution in [2.45, 2.75) is 44.2 Å². The summed E-state index contributed by atoms with van der Waals surface area (Å²) >= 11 is 0. The monoisotopic (exact) mass is 450 g/mol. The van der Waals surface area contributed by atoms with Gasteiger partial charge < -0.3 is 19.9 Å². The van der Waals surface area contributed by atoms with Crippen LogP contribution >= 0.6 is 0 Å². The Balaban J connectivity index is 1.25. The number of nitrogens with zero attached hydrogens (tertiary/aromatic N) is 1. The number of benzene rings is 2. The van der Waals surface area contributed by atoms with Crippen LogP contribution in [0.3, 0.4) is 0 Å². The van der Waals surface area contributed by atoms with Crippen molar-refractivity contribution in [3.63, 3.8) is 0 Å². The molecule has 2 heterocycles. The number of hydrogen-bond acceptors (Lipinski definition) is 6. The Morgan fingerprint density at radius 3 is 2.48 bits per heavy atom. The fraction of sp³-hybridized carbons (Fsp3) is 0.400. The van der Waals surface area contributed by atoms with Crippen molar-refractivity contribution >= 4 is 17.7 Å². The van der Waals surface area contributed by atoms with Crippen LogP contribution in [0.25, 0.3) is 0 Å². The molecule has 1 aliphatic carbocycles. The van der Waals surface area contributed by atoms with Gasteiger partial charge >= 0.3 is 0 Å². The van der Waals surface area contributed by atoms with E-state index in [-0.39, 0.29) is 35.5 Å². The van der Waals surface area contributed by atoms with Crippen molar-refractivity contribution in [1.82, 2.24) is 10.2 Å². The maximum atomic E-state index is 13.0. The van der Waals surface area contributed by atoms with E-state index >= 15 is 0 Å². The first-order chi connectivity index (χ1) is 16.0. The molecule has 1 unspecified atom stereocenters. The summed E-state index contributed by atoms with van der Waals surface area (Å²) in [6, 6.07) is 9.66. The molecule has 5 rings (SSSR count). The van der Waals surface area contributed by atoms with Crippen LogP contribution in [0.4, 0.5) is 0 Å². The second-order valence-corrected chi connectivity index (χ2v) is 8.66. The number of nitrogens with one attached hydrogen (secondary N) is 1. The molecule has 2 aromatic carbocycles. The lowest BCUT2D eigenvalue weighted by Gasteiger charge is -2.29. The van der Waals surface area contributed by atoms with Gasteiger partial charge in [0.15, 0.2) is 11.5 Å². The van der Waals surface area contributed by atoms with Crippen molar-refractivity contribution in [2.75, 3.05) is 19.8 Å². The van der Waals surface area contributed by atoms with E-state index in [0.717, 1.165) is 32.1 Å². The second kappa shape index (κ2) is 8.86. The van der Waals surface area contributed by atoms with E-state index in [1.807, 2.05) is 0 Å². The number of fused-ring (bicyclic) bond motifs is 2. The van der Waals surface area contributed by atoms with Gasteiger partial charge in [0.1, 0.15) is 13.2 Å². The predicted molar refractivity (Wildman–Crippen MR) is 119 cm³/mol. The third-order valence-corrected chi connectivity index (χ3v) is 6.53. The van der Waals surface area contributed by atoms with Crippen LogP contribution in [0.15, 0.2) is 36.4 Å². The summed E-state index contributed by atoms with van der Waals surface area (Å²) in [4.78, 5) is 39.9. The van der Waals surface area contributed by atoms with Gasteiger partial charge in [-0.05, 0) is 48.7 Å². The molecule has 2 N–H and O–H groups in total. The molecule has 172 valence electrons. The molecule has 0 aromatic heterocycles. The lowest BCUT2D eigenvalue weighted by Crippen LogP contribution is -2.40. The highest BCUT2D eigenvalue weighted by Gasteiger charge is 2.40. The number of carbonyl (C=O) groups excluding carboxylic acids is 3. The minimum atomic E-state index is -0.941. The van der Waals surface area contributed by atoms with E-state index in [9.17, 15) is 19.5 Å². The highest BCUT2D eigenvalue weighted by Crippen LogP contribution is 2.33. The van der Waals surface area contributed by atoms with E-state index in [1.165, 1.54) is 11.0 Å². The zero-order chi connectivity index (χ0) is 22.9. The highest BCUT2D eigenvalue weighted by atomic mass is 16.6. The van der Waals surface area contributed by atoms with Gasteiger partial charge in [-0.3, -0.25) is 19.3 Å². The Morgan fingerprint density at radius 1 is 0.970 bits per heavy atom. The number of ether oxygens (including phenoxy) is 2. The van der Waals surface area contributed by atoms with Crippen LogP contribution in [0.1, 0.15) is 74.8 Å². The average Bonchev–Trinajstić information content (AvgIpc) is 3.11. The minimum absolute atomic E-state index is 0.0172. The Labute approximate surface area is 191 Å². The Kier molecular flexibility index (Phi) is 5.76. The summed E-state index contributed by atoms with van der Waals surface area (Å²) in [6.07, 6.45) is 3.87. The quantitative estimate of drug-likeness (QED) is 0.679. The molecule has 2 aliphatic heterocycles. The van der Waals surface area contributed by atoms with Crippen LogP contribution < -0.4 is 14.8 Å². The number of rotatable bonds is 5. The molecular weight excluding hydrogens is 424 g/mol. The fourth-order valence-corrected chi connectivity index (χ4v) is 4.75. The number of carbonyl (C=O) groups is 3. The van der Waals surface area contributed by atoms with Crippen molar-refractivity contribution < 1.29 is 29.0 Å². The Hall–Kier alpha value is -3.39. The number of amides is 3. The van der Waals surface area contributed by atoms with E-state index in [0.29, 0.717) is 35.8 Å². The summed E-state index contributed by atoms with van der Waals surface area (Å²) < 4.78 is 11.0. The molecule has 8 heteroatoms. The third-order valence-electron chi connectivity index (χ3n) is 6.53. The largest absolute Gasteiger partial charge is 0.486 e. The highest BCUT2D eigenvalue weighted by molar-refractivity contribution is 6.22. The summed E-state index contributed by atoms with van der Waals surface area (Å²) in [5.74, 6) is 0.163. The van der Waals surface area contributed by atoms with Gasteiger partial charge in [-0.15, -0.1) is 0 Å². The normalized spacial score (nSPS) is 18.8. The van der Waals surface area contributed by atoms with Crippen LogP contribution in [0.2, 0.25) is 0 Å². The molecule has 3 aliphatic rings. The third kappa shape index (κ3) is 4.06. The lowest BCUT2D eigenvalue weighted by molar-refractivity contribution is 0.0548. The molecule has 33 heavy (non-hydrogen) atoms. The van der Waals surface area contributed by atoms with Crippen molar-refractivity contribution in [2.24, 2.45) is 0 Å². The molecule has 2 aromatic rings. The van der Waals surface area contributed by atoms with Crippen LogP contribution in [0, 0.1) is 0 Å². The van der Waals surface area contributed by atoms with Crippen molar-refractivity contribution in [3.8, 4) is 11.5 Å². The van der Waals surface area contributed by atoms with Gasteiger partial charge in [0.2, 0.25) is 0 Å². The van der Waals surface area contributed by atoms with E-state index in [1.54, 1.807) is 30.3 Å². The summed E-state index contributed by atoms with van der Waals surface area (Å²) in [6.45, 7) is 0.913. The van der Waals surface area contributed by atoms with Gasteiger partial charge in [-0.25, -0.2) is 0 Å². The fourth-order valence-electron chi connectivity index (χ4n) is 4.75. The molecular formula is C25H26N2O6. The standard InChI is InChI=1S/C25H26N2O6/c28-20(15-7-9-21-22(13-15)33-11-10-32-21)14-26-23(29)16-6-8-18-19(12-16)25(31)27(24(18)30)17-4-2-1-3-5-17/h6-9,12-13,17,20,28H,1-5,10-11,14H2,(H,26,29). The number of hydrogen-bond donors (Lipinski definition) is 2. The molecule has 8 nitrogen and oxygen atoms in total. The summed E-state index contributed by atoms with van der Waals surface area (Å²) in [5.41, 5.74) is 1.48. The number of aliphatic hydroxyl groups is 1. The van der Waals surface area contributed by atoms with E-state index in [2.05, 4.69) is 5.32 Å².